The van der Waals surface area contributed by atoms with Gasteiger partial charge in [0.15, 0.2) is 0 Å². The standard InChI is InChI=1S/C17H23NO5S/c1-22-14-6-11(7-15(10-14)23-2)17(19)18-12-4-5-13(18)9-16(8-12)24(3,20)21/h6-7,10,12-13,16H,4-5,8-9H2,1-3H3. The van der Waals surface area contributed by atoms with Gasteiger partial charge in [0.05, 0.1) is 19.5 Å². The Labute approximate surface area is 142 Å². The third-order valence-corrected chi connectivity index (χ3v) is 6.72. The Morgan fingerprint density at radius 1 is 1.04 bits per heavy atom. The predicted molar refractivity (Wildman–Crippen MR) is 90.4 cm³/mol. The molecule has 0 N–H and O–H groups in total. The maximum Gasteiger partial charge on any atom is 0.254 e. The number of piperidine rings is 1. The summed E-state index contributed by atoms with van der Waals surface area (Å²) in [6.07, 6.45) is 4.08. The lowest BCUT2D eigenvalue weighted by Crippen LogP contribution is -2.49. The molecule has 3 rings (SSSR count). The summed E-state index contributed by atoms with van der Waals surface area (Å²) in [4.78, 5) is 14.9. The van der Waals surface area contributed by atoms with Crippen LogP contribution in [0.5, 0.6) is 11.5 Å². The summed E-state index contributed by atoms with van der Waals surface area (Å²) in [5, 5.41) is -0.334. The van der Waals surface area contributed by atoms with Crippen LogP contribution < -0.4 is 9.47 Å². The lowest BCUT2D eigenvalue weighted by Gasteiger charge is -2.38. The fourth-order valence-corrected chi connectivity index (χ4v) is 5.03. The third-order valence-electron chi connectivity index (χ3n) is 5.13. The van der Waals surface area contributed by atoms with Crippen molar-refractivity contribution in [3.63, 3.8) is 0 Å². The highest BCUT2D eigenvalue weighted by Crippen LogP contribution is 2.39. The Balaban J connectivity index is 1.87. The highest BCUT2D eigenvalue weighted by Gasteiger charge is 2.46. The van der Waals surface area contributed by atoms with E-state index < -0.39 is 9.84 Å². The molecule has 24 heavy (non-hydrogen) atoms. The number of benzene rings is 1. The van der Waals surface area contributed by atoms with Gasteiger partial charge in [0, 0.05) is 30.0 Å². The normalized spacial score (nSPS) is 26.3. The summed E-state index contributed by atoms with van der Waals surface area (Å²) in [5.74, 6) is 1.05. The predicted octanol–water partition coefficient (Wildman–Crippen LogP) is 1.88. The number of fused-ring (bicyclic) bond motifs is 2. The second-order valence-corrected chi connectivity index (χ2v) is 8.95. The Hall–Kier alpha value is -1.76. The SMILES string of the molecule is COc1cc(OC)cc(C(=O)N2C3CCC2CC(S(C)(=O)=O)C3)c1. The van der Waals surface area contributed by atoms with Crippen molar-refractivity contribution >= 4 is 15.7 Å². The first-order valence-corrected chi connectivity index (χ1v) is 10.0. The molecule has 1 aromatic carbocycles. The van der Waals surface area contributed by atoms with Gasteiger partial charge in [-0.25, -0.2) is 8.42 Å². The van der Waals surface area contributed by atoms with Crippen molar-refractivity contribution < 1.29 is 22.7 Å². The smallest absolute Gasteiger partial charge is 0.254 e. The number of ether oxygens (including phenoxy) is 2. The first-order valence-electron chi connectivity index (χ1n) is 8.08. The average Bonchev–Trinajstić information content (AvgIpc) is 2.81. The second-order valence-electron chi connectivity index (χ2n) is 6.62. The minimum absolute atomic E-state index is 0.00632. The topological polar surface area (TPSA) is 72.9 Å². The van der Waals surface area contributed by atoms with Crippen LogP contribution in [-0.2, 0) is 9.84 Å². The van der Waals surface area contributed by atoms with E-state index in [0.29, 0.717) is 29.9 Å². The van der Waals surface area contributed by atoms with E-state index in [9.17, 15) is 13.2 Å². The summed E-state index contributed by atoms with van der Waals surface area (Å²) in [7, 11) is 0.0271. The number of methoxy groups -OCH3 is 2. The van der Waals surface area contributed by atoms with Crippen LogP contribution in [0, 0.1) is 0 Å². The van der Waals surface area contributed by atoms with Crippen LogP contribution in [0.1, 0.15) is 36.0 Å². The Kier molecular flexibility index (Phi) is 4.46. The molecule has 2 bridgehead atoms. The first kappa shape index (κ1) is 17.1. The molecule has 0 aromatic heterocycles. The number of hydrogen-bond donors (Lipinski definition) is 0. The molecule has 1 amide bonds. The van der Waals surface area contributed by atoms with Gasteiger partial charge in [-0.2, -0.15) is 0 Å². The number of amides is 1. The number of hydrogen-bond acceptors (Lipinski definition) is 5. The summed E-state index contributed by atoms with van der Waals surface area (Å²) in [5.41, 5.74) is 0.515. The van der Waals surface area contributed by atoms with Crippen LogP contribution in [0.2, 0.25) is 0 Å². The molecule has 2 unspecified atom stereocenters. The highest BCUT2D eigenvalue weighted by atomic mass is 32.2. The van der Waals surface area contributed by atoms with Gasteiger partial charge in [0.25, 0.3) is 5.91 Å². The maximum atomic E-state index is 13.0. The van der Waals surface area contributed by atoms with Crippen LogP contribution in [0.25, 0.3) is 0 Å². The molecule has 6 nitrogen and oxygen atoms in total. The van der Waals surface area contributed by atoms with E-state index in [1.54, 1.807) is 32.4 Å². The van der Waals surface area contributed by atoms with Crippen LogP contribution in [0.3, 0.4) is 0 Å². The van der Waals surface area contributed by atoms with E-state index in [1.165, 1.54) is 6.26 Å². The van der Waals surface area contributed by atoms with Crippen LogP contribution in [0.4, 0.5) is 0 Å². The van der Waals surface area contributed by atoms with E-state index in [0.717, 1.165) is 12.8 Å². The molecule has 2 aliphatic heterocycles. The molecule has 0 radical (unpaired) electrons. The molecule has 132 valence electrons. The maximum absolute atomic E-state index is 13.0. The lowest BCUT2D eigenvalue weighted by atomic mass is 10.0. The molecule has 1 aromatic rings. The van der Waals surface area contributed by atoms with Gasteiger partial charge in [0.1, 0.15) is 21.3 Å². The van der Waals surface area contributed by atoms with E-state index in [1.807, 2.05) is 4.90 Å². The number of nitrogens with zero attached hydrogens (tertiary/aromatic N) is 1. The summed E-state index contributed by atoms with van der Waals surface area (Å²) in [6.45, 7) is 0. The minimum Gasteiger partial charge on any atom is -0.497 e. The molecule has 0 aliphatic carbocycles. The van der Waals surface area contributed by atoms with Crippen molar-refractivity contribution in [2.45, 2.75) is 43.0 Å². The van der Waals surface area contributed by atoms with Gasteiger partial charge in [-0.05, 0) is 37.8 Å². The summed E-state index contributed by atoms with van der Waals surface area (Å²) >= 11 is 0. The molecule has 2 atom stereocenters. The van der Waals surface area contributed by atoms with Crippen molar-refractivity contribution in [2.24, 2.45) is 0 Å². The van der Waals surface area contributed by atoms with Crippen LogP contribution in [-0.4, -0.2) is 57.0 Å². The van der Waals surface area contributed by atoms with Crippen molar-refractivity contribution in [3.8, 4) is 11.5 Å². The van der Waals surface area contributed by atoms with Gasteiger partial charge in [0.2, 0.25) is 0 Å². The van der Waals surface area contributed by atoms with Crippen LogP contribution in [0.15, 0.2) is 18.2 Å². The molecule has 7 heteroatoms. The molecule has 2 fully saturated rings. The van der Waals surface area contributed by atoms with Crippen LogP contribution >= 0.6 is 0 Å². The summed E-state index contributed by atoms with van der Waals surface area (Å²) in [6, 6.07) is 5.11. The molecule has 2 heterocycles. The number of rotatable bonds is 4. The number of carbonyl (C=O) groups is 1. The van der Waals surface area contributed by atoms with Crippen molar-refractivity contribution in [2.75, 3.05) is 20.5 Å². The van der Waals surface area contributed by atoms with Crippen molar-refractivity contribution in [3.05, 3.63) is 23.8 Å². The zero-order valence-electron chi connectivity index (χ0n) is 14.2. The Bertz CT molecular complexity index is 709. The average molecular weight is 353 g/mol. The van der Waals surface area contributed by atoms with Gasteiger partial charge in [-0.3, -0.25) is 4.79 Å². The molecule has 2 saturated heterocycles. The minimum atomic E-state index is -3.06. The lowest BCUT2D eigenvalue weighted by molar-refractivity contribution is 0.0597. The molecular formula is C17H23NO5S. The zero-order chi connectivity index (χ0) is 17.5. The largest absolute Gasteiger partial charge is 0.497 e. The molecule has 0 spiro atoms. The first-order chi connectivity index (χ1) is 11.3. The Morgan fingerprint density at radius 2 is 1.54 bits per heavy atom. The van der Waals surface area contributed by atoms with E-state index in [2.05, 4.69) is 0 Å². The van der Waals surface area contributed by atoms with Gasteiger partial charge in [-0.15, -0.1) is 0 Å². The third kappa shape index (κ3) is 3.09. The van der Waals surface area contributed by atoms with Gasteiger partial charge in [-0.1, -0.05) is 0 Å². The van der Waals surface area contributed by atoms with E-state index in [-0.39, 0.29) is 23.2 Å². The van der Waals surface area contributed by atoms with E-state index >= 15 is 0 Å². The van der Waals surface area contributed by atoms with Gasteiger partial charge < -0.3 is 14.4 Å². The Morgan fingerprint density at radius 3 is 1.96 bits per heavy atom. The fraction of sp³-hybridized carbons (Fsp3) is 0.588. The van der Waals surface area contributed by atoms with E-state index in [4.69, 9.17) is 9.47 Å². The molecular weight excluding hydrogens is 330 g/mol. The van der Waals surface area contributed by atoms with Crippen molar-refractivity contribution in [1.29, 1.82) is 0 Å². The molecule has 0 saturated carbocycles. The summed E-state index contributed by atoms with van der Waals surface area (Å²) < 4.78 is 34.2. The number of carbonyl (C=O) groups excluding carboxylic acids is 1. The molecule has 2 aliphatic rings. The van der Waals surface area contributed by atoms with Crippen molar-refractivity contribution in [1.82, 2.24) is 4.90 Å². The number of sulfone groups is 1. The quantitative estimate of drug-likeness (QED) is 0.826. The van der Waals surface area contributed by atoms with Gasteiger partial charge >= 0.3 is 0 Å². The fourth-order valence-electron chi connectivity index (χ4n) is 3.89. The highest BCUT2D eigenvalue weighted by molar-refractivity contribution is 7.91. The monoisotopic (exact) mass is 353 g/mol. The zero-order valence-corrected chi connectivity index (χ0v) is 15.0. The second kappa shape index (κ2) is 6.27.